The predicted molar refractivity (Wildman–Crippen MR) is 68.2 cm³/mol. The summed E-state index contributed by atoms with van der Waals surface area (Å²) in [4.78, 5) is -0.319. The van der Waals surface area contributed by atoms with Crippen molar-refractivity contribution >= 4 is 10.0 Å². The van der Waals surface area contributed by atoms with E-state index in [2.05, 4.69) is 0 Å². The number of rotatable bonds is 2. The van der Waals surface area contributed by atoms with Crippen LogP contribution in [0.5, 0.6) is 0 Å². The molecule has 1 saturated heterocycles. The lowest BCUT2D eigenvalue weighted by atomic mass is 9.93. The summed E-state index contributed by atoms with van der Waals surface area (Å²) in [6.45, 7) is 4.05. The van der Waals surface area contributed by atoms with Gasteiger partial charge < -0.3 is 0 Å². The summed E-state index contributed by atoms with van der Waals surface area (Å²) in [5.74, 6) is -1.76. The second kappa shape index (κ2) is 4.83. The molecule has 1 aromatic rings. The maximum Gasteiger partial charge on any atom is 0.243 e. The van der Waals surface area contributed by atoms with Gasteiger partial charge in [0, 0.05) is 18.2 Å². The zero-order valence-electron chi connectivity index (χ0n) is 11.0. The molecule has 19 heavy (non-hydrogen) atoms. The monoisotopic (exact) mass is 289 g/mol. The van der Waals surface area contributed by atoms with Gasteiger partial charge in [0.15, 0.2) is 0 Å². The normalized spacial score (nSPS) is 20.4. The SMILES string of the molecule is CC1(C)CCCCN1S(=O)(=O)c1cc(F)cc(F)c1. The summed E-state index contributed by atoms with van der Waals surface area (Å²) in [5, 5.41) is 0. The summed E-state index contributed by atoms with van der Waals surface area (Å²) < 4.78 is 52.7. The molecule has 0 atom stereocenters. The first-order valence-corrected chi connectivity index (χ1v) is 7.66. The largest absolute Gasteiger partial charge is 0.243 e. The van der Waals surface area contributed by atoms with Crippen LogP contribution in [0.2, 0.25) is 0 Å². The van der Waals surface area contributed by atoms with Gasteiger partial charge in [0.1, 0.15) is 11.6 Å². The molecule has 1 fully saturated rings. The van der Waals surface area contributed by atoms with E-state index in [0.29, 0.717) is 12.6 Å². The molecule has 106 valence electrons. The Labute approximate surface area is 112 Å². The second-order valence-corrected chi connectivity index (χ2v) is 7.31. The van der Waals surface area contributed by atoms with Gasteiger partial charge in [-0.1, -0.05) is 6.42 Å². The van der Waals surface area contributed by atoms with Crippen LogP contribution < -0.4 is 0 Å². The predicted octanol–water partition coefficient (Wildman–Crippen LogP) is 2.92. The van der Waals surface area contributed by atoms with Crippen molar-refractivity contribution in [1.29, 1.82) is 0 Å². The van der Waals surface area contributed by atoms with Gasteiger partial charge in [-0.25, -0.2) is 17.2 Å². The molecule has 0 amide bonds. The highest BCUT2D eigenvalue weighted by atomic mass is 32.2. The summed E-state index contributed by atoms with van der Waals surface area (Å²) in [7, 11) is -3.86. The summed E-state index contributed by atoms with van der Waals surface area (Å²) in [6, 6.07) is 2.40. The van der Waals surface area contributed by atoms with E-state index in [-0.39, 0.29) is 4.90 Å². The van der Waals surface area contributed by atoms with Gasteiger partial charge in [0.2, 0.25) is 10.0 Å². The Morgan fingerprint density at radius 2 is 1.68 bits per heavy atom. The minimum Gasteiger partial charge on any atom is -0.207 e. The Kier molecular flexibility index (Phi) is 3.66. The van der Waals surface area contributed by atoms with Crippen LogP contribution in [-0.4, -0.2) is 24.8 Å². The zero-order chi connectivity index (χ0) is 14.3. The van der Waals surface area contributed by atoms with E-state index in [0.717, 1.165) is 31.4 Å². The molecular formula is C13H17F2NO2S. The van der Waals surface area contributed by atoms with E-state index in [1.807, 2.05) is 13.8 Å². The molecule has 0 bridgehead atoms. The van der Waals surface area contributed by atoms with Crippen LogP contribution >= 0.6 is 0 Å². The standard InChI is InChI=1S/C13H17F2NO2S/c1-13(2)5-3-4-6-16(13)19(17,18)12-8-10(14)7-11(15)9-12/h7-9H,3-6H2,1-2H3. The molecule has 6 heteroatoms. The Balaban J connectivity index is 2.47. The number of sulfonamides is 1. The topological polar surface area (TPSA) is 37.4 Å². The van der Waals surface area contributed by atoms with Gasteiger partial charge in [-0.3, -0.25) is 0 Å². The van der Waals surface area contributed by atoms with Crippen LogP contribution in [0, 0.1) is 11.6 Å². The second-order valence-electron chi connectivity index (χ2n) is 5.45. The highest BCUT2D eigenvalue weighted by Gasteiger charge is 2.39. The van der Waals surface area contributed by atoms with Crippen molar-refractivity contribution in [2.24, 2.45) is 0 Å². The van der Waals surface area contributed by atoms with Crippen LogP contribution in [0.3, 0.4) is 0 Å². The van der Waals surface area contributed by atoms with Gasteiger partial charge in [-0.2, -0.15) is 4.31 Å². The Hall–Kier alpha value is -1.01. The van der Waals surface area contributed by atoms with Crippen LogP contribution in [0.25, 0.3) is 0 Å². The Bertz CT molecular complexity index is 564. The van der Waals surface area contributed by atoms with Crippen molar-refractivity contribution in [1.82, 2.24) is 4.31 Å². The van der Waals surface area contributed by atoms with Crippen molar-refractivity contribution in [2.45, 2.75) is 43.5 Å². The van der Waals surface area contributed by atoms with Gasteiger partial charge >= 0.3 is 0 Å². The van der Waals surface area contributed by atoms with E-state index >= 15 is 0 Å². The van der Waals surface area contributed by atoms with Crippen molar-refractivity contribution in [3.63, 3.8) is 0 Å². The number of hydrogen-bond acceptors (Lipinski definition) is 2. The van der Waals surface area contributed by atoms with Crippen LogP contribution in [0.1, 0.15) is 33.1 Å². The Morgan fingerprint density at radius 3 is 2.21 bits per heavy atom. The van der Waals surface area contributed by atoms with Crippen molar-refractivity contribution in [3.05, 3.63) is 29.8 Å². The van der Waals surface area contributed by atoms with E-state index < -0.39 is 27.2 Å². The minimum atomic E-state index is -3.86. The summed E-state index contributed by atoms with van der Waals surface area (Å²) in [6.07, 6.45) is 2.46. The zero-order valence-corrected chi connectivity index (χ0v) is 11.8. The number of benzene rings is 1. The molecule has 0 saturated carbocycles. The first-order chi connectivity index (χ1) is 8.73. The first kappa shape index (κ1) is 14.4. The highest BCUT2D eigenvalue weighted by Crippen LogP contribution is 2.33. The van der Waals surface area contributed by atoms with E-state index in [4.69, 9.17) is 0 Å². The fourth-order valence-electron chi connectivity index (χ4n) is 2.49. The molecule has 0 spiro atoms. The fraction of sp³-hybridized carbons (Fsp3) is 0.538. The van der Waals surface area contributed by atoms with Gasteiger partial charge in [0.25, 0.3) is 0 Å². The lowest BCUT2D eigenvalue weighted by Crippen LogP contribution is -2.50. The molecule has 0 N–H and O–H groups in total. The fourth-order valence-corrected chi connectivity index (χ4v) is 4.38. The summed E-state index contributed by atoms with van der Waals surface area (Å²) >= 11 is 0. The molecule has 0 radical (unpaired) electrons. The molecule has 1 heterocycles. The lowest BCUT2D eigenvalue weighted by molar-refractivity contribution is 0.170. The smallest absolute Gasteiger partial charge is 0.207 e. The Morgan fingerprint density at radius 1 is 1.11 bits per heavy atom. The average Bonchev–Trinajstić information content (AvgIpc) is 2.26. The molecule has 2 rings (SSSR count). The maximum atomic E-state index is 13.2. The molecule has 1 aliphatic rings. The van der Waals surface area contributed by atoms with Crippen molar-refractivity contribution in [3.8, 4) is 0 Å². The van der Waals surface area contributed by atoms with Gasteiger partial charge in [-0.05, 0) is 38.8 Å². The number of nitrogens with zero attached hydrogens (tertiary/aromatic N) is 1. The average molecular weight is 289 g/mol. The van der Waals surface area contributed by atoms with Crippen LogP contribution in [0.15, 0.2) is 23.1 Å². The van der Waals surface area contributed by atoms with Gasteiger partial charge in [0.05, 0.1) is 4.90 Å². The third-order valence-corrected chi connectivity index (χ3v) is 5.59. The molecule has 0 unspecified atom stereocenters. The van der Waals surface area contributed by atoms with E-state index in [1.54, 1.807) is 0 Å². The van der Waals surface area contributed by atoms with E-state index in [1.165, 1.54) is 4.31 Å². The molecule has 1 aliphatic heterocycles. The molecule has 1 aromatic carbocycles. The first-order valence-electron chi connectivity index (χ1n) is 6.22. The number of piperidine rings is 1. The molecule has 0 aromatic heterocycles. The van der Waals surface area contributed by atoms with E-state index in [9.17, 15) is 17.2 Å². The molecule has 0 aliphatic carbocycles. The third kappa shape index (κ3) is 2.79. The lowest BCUT2D eigenvalue weighted by Gasteiger charge is -2.41. The summed E-state index contributed by atoms with van der Waals surface area (Å²) in [5.41, 5.74) is -0.528. The highest BCUT2D eigenvalue weighted by molar-refractivity contribution is 7.89. The third-order valence-electron chi connectivity index (χ3n) is 3.50. The molecular weight excluding hydrogens is 272 g/mol. The quantitative estimate of drug-likeness (QED) is 0.839. The maximum absolute atomic E-state index is 13.2. The molecule has 3 nitrogen and oxygen atoms in total. The van der Waals surface area contributed by atoms with Crippen LogP contribution in [0.4, 0.5) is 8.78 Å². The van der Waals surface area contributed by atoms with Crippen molar-refractivity contribution < 1.29 is 17.2 Å². The number of halogens is 2. The van der Waals surface area contributed by atoms with Gasteiger partial charge in [-0.15, -0.1) is 0 Å². The minimum absolute atomic E-state index is 0.319. The number of hydrogen-bond donors (Lipinski definition) is 0. The van der Waals surface area contributed by atoms with Crippen LogP contribution in [-0.2, 0) is 10.0 Å². The van der Waals surface area contributed by atoms with Crippen molar-refractivity contribution in [2.75, 3.05) is 6.54 Å².